The van der Waals surface area contributed by atoms with E-state index in [0.717, 1.165) is 12.1 Å². The van der Waals surface area contributed by atoms with Crippen molar-refractivity contribution in [2.75, 3.05) is 18.4 Å². The van der Waals surface area contributed by atoms with Crippen molar-refractivity contribution in [2.24, 2.45) is 0 Å². The Morgan fingerprint density at radius 3 is 2.32 bits per heavy atom. The average molecular weight is 403 g/mol. The molecule has 0 atom stereocenters. The molecule has 1 fully saturated rings. The number of urea groups is 1. The maximum atomic E-state index is 12.9. The summed E-state index contributed by atoms with van der Waals surface area (Å²) < 4.78 is 37.8. The van der Waals surface area contributed by atoms with E-state index in [-0.39, 0.29) is 18.0 Å². The Morgan fingerprint density at radius 1 is 1.08 bits per heavy atom. The van der Waals surface area contributed by atoms with Crippen LogP contribution in [0.3, 0.4) is 0 Å². The Morgan fingerprint density at radius 2 is 1.72 bits per heavy atom. The lowest BCUT2D eigenvalue weighted by Crippen LogP contribution is -2.58. The molecule has 2 amide bonds. The number of amides is 2. The third-order valence-corrected chi connectivity index (χ3v) is 6.73. The van der Waals surface area contributed by atoms with Crippen molar-refractivity contribution in [1.29, 1.82) is 0 Å². The fourth-order valence-electron chi connectivity index (χ4n) is 2.39. The summed E-state index contributed by atoms with van der Waals surface area (Å²) in [6.45, 7) is 0.125. The van der Waals surface area contributed by atoms with Gasteiger partial charge in [0.1, 0.15) is 11.1 Å². The van der Waals surface area contributed by atoms with Crippen LogP contribution in [0.25, 0.3) is 0 Å². The van der Waals surface area contributed by atoms with Crippen LogP contribution in [-0.4, -0.2) is 37.7 Å². The summed E-state index contributed by atoms with van der Waals surface area (Å²) in [6.07, 6.45) is 0. The molecule has 132 valence electrons. The van der Waals surface area contributed by atoms with Crippen LogP contribution >= 0.6 is 23.2 Å². The van der Waals surface area contributed by atoms with Gasteiger partial charge in [0, 0.05) is 18.8 Å². The van der Waals surface area contributed by atoms with E-state index in [1.165, 1.54) is 23.1 Å². The van der Waals surface area contributed by atoms with Crippen LogP contribution in [-0.2, 0) is 9.84 Å². The Hall–Kier alpha value is -1.83. The minimum Gasteiger partial charge on any atom is -0.322 e. The molecule has 0 aliphatic carbocycles. The number of carbonyl (C=O) groups is 1. The summed E-state index contributed by atoms with van der Waals surface area (Å²) >= 11 is 11.7. The molecule has 0 spiro atoms. The zero-order valence-corrected chi connectivity index (χ0v) is 15.1. The van der Waals surface area contributed by atoms with Crippen molar-refractivity contribution >= 4 is 44.8 Å². The van der Waals surface area contributed by atoms with Crippen LogP contribution in [0.5, 0.6) is 0 Å². The molecular weight excluding hydrogens is 390 g/mol. The van der Waals surface area contributed by atoms with Crippen LogP contribution in [0.2, 0.25) is 10.0 Å². The highest BCUT2D eigenvalue weighted by atomic mass is 35.5. The molecule has 3 rings (SSSR count). The van der Waals surface area contributed by atoms with Crippen LogP contribution < -0.4 is 5.32 Å². The van der Waals surface area contributed by atoms with Crippen molar-refractivity contribution in [2.45, 2.75) is 10.1 Å². The minimum absolute atomic E-state index is 0.0449. The van der Waals surface area contributed by atoms with E-state index in [4.69, 9.17) is 23.2 Å². The fraction of sp³-hybridized carbons (Fsp3) is 0.188. The van der Waals surface area contributed by atoms with Gasteiger partial charge in [0.05, 0.1) is 14.9 Å². The van der Waals surface area contributed by atoms with Gasteiger partial charge >= 0.3 is 6.03 Å². The van der Waals surface area contributed by atoms with Gasteiger partial charge in [0.2, 0.25) is 0 Å². The first kappa shape index (κ1) is 18.0. The summed E-state index contributed by atoms with van der Waals surface area (Å²) in [7, 11) is -3.60. The third-order valence-electron chi connectivity index (χ3n) is 3.89. The van der Waals surface area contributed by atoms with Gasteiger partial charge in [0.25, 0.3) is 0 Å². The van der Waals surface area contributed by atoms with E-state index in [1.54, 1.807) is 12.1 Å². The maximum Gasteiger partial charge on any atom is 0.321 e. The summed E-state index contributed by atoms with van der Waals surface area (Å²) in [5.74, 6) is -0.504. The molecule has 2 aromatic carbocycles. The molecule has 0 saturated carbocycles. The zero-order valence-electron chi connectivity index (χ0n) is 12.7. The lowest BCUT2D eigenvalue weighted by Gasteiger charge is -2.38. The number of nitrogens with one attached hydrogen (secondary N) is 1. The number of hydrogen-bond donors (Lipinski definition) is 1. The van der Waals surface area contributed by atoms with Gasteiger partial charge < -0.3 is 10.2 Å². The van der Waals surface area contributed by atoms with Gasteiger partial charge in [0.15, 0.2) is 9.84 Å². The van der Waals surface area contributed by atoms with Gasteiger partial charge in [-0.05, 0) is 42.5 Å². The molecule has 1 aliphatic heterocycles. The summed E-state index contributed by atoms with van der Waals surface area (Å²) in [6, 6.07) is 8.88. The maximum absolute atomic E-state index is 12.9. The molecule has 25 heavy (non-hydrogen) atoms. The first-order valence-corrected chi connectivity index (χ1v) is 9.58. The molecule has 9 heteroatoms. The highest BCUT2D eigenvalue weighted by molar-refractivity contribution is 7.92. The molecule has 0 aromatic heterocycles. The van der Waals surface area contributed by atoms with Gasteiger partial charge in [-0.25, -0.2) is 17.6 Å². The number of benzene rings is 2. The predicted molar refractivity (Wildman–Crippen MR) is 94.4 cm³/mol. The molecule has 0 radical (unpaired) electrons. The first-order valence-electron chi connectivity index (χ1n) is 7.28. The van der Waals surface area contributed by atoms with Crippen LogP contribution in [0.4, 0.5) is 14.9 Å². The van der Waals surface area contributed by atoms with E-state index in [1.807, 2.05) is 0 Å². The molecule has 1 aliphatic rings. The number of anilines is 1. The minimum atomic E-state index is -3.60. The number of carbonyl (C=O) groups excluding carboxylic acids is 1. The summed E-state index contributed by atoms with van der Waals surface area (Å²) in [5, 5.41) is 2.59. The molecule has 0 bridgehead atoms. The van der Waals surface area contributed by atoms with Crippen molar-refractivity contribution in [3.05, 3.63) is 58.3 Å². The molecule has 1 heterocycles. The average Bonchev–Trinajstić information content (AvgIpc) is 2.49. The topological polar surface area (TPSA) is 66.5 Å². The summed E-state index contributed by atoms with van der Waals surface area (Å²) in [5.41, 5.74) is 0.462. The lowest BCUT2D eigenvalue weighted by atomic mass is 10.2. The number of likely N-dealkylation sites (tertiary alicyclic amines) is 1. The first-order chi connectivity index (χ1) is 11.8. The molecular formula is C16H13Cl2FN2O3S. The Labute approximate surface area is 154 Å². The Kier molecular flexibility index (Phi) is 4.90. The van der Waals surface area contributed by atoms with E-state index in [9.17, 15) is 17.6 Å². The van der Waals surface area contributed by atoms with E-state index < -0.39 is 26.9 Å². The second kappa shape index (κ2) is 6.82. The smallest absolute Gasteiger partial charge is 0.321 e. The normalized spacial score (nSPS) is 14.9. The van der Waals surface area contributed by atoms with Gasteiger partial charge in [-0.15, -0.1) is 0 Å². The molecule has 1 saturated heterocycles. The Balaban J connectivity index is 1.62. The van der Waals surface area contributed by atoms with Crippen LogP contribution in [0.1, 0.15) is 0 Å². The highest BCUT2D eigenvalue weighted by Crippen LogP contribution is 2.27. The van der Waals surface area contributed by atoms with Gasteiger partial charge in [-0.2, -0.15) is 0 Å². The van der Waals surface area contributed by atoms with Gasteiger partial charge in [-0.3, -0.25) is 0 Å². The standard InChI is InChI=1S/C16H13Cl2FN2O3S/c17-14-6-3-11(7-15(14)18)20-16(22)21-8-13(9-21)25(23,24)12-4-1-10(19)2-5-12/h1-7,13H,8-9H2,(H,20,22). The molecule has 5 nitrogen and oxygen atoms in total. The van der Waals surface area contributed by atoms with Crippen molar-refractivity contribution in [3.8, 4) is 0 Å². The van der Waals surface area contributed by atoms with Crippen molar-refractivity contribution in [1.82, 2.24) is 4.90 Å². The number of halogens is 3. The number of sulfone groups is 1. The van der Waals surface area contributed by atoms with Crippen molar-refractivity contribution < 1.29 is 17.6 Å². The molecule has 1 N–H and O–H groups in total. The molecule has 2 aromatic rings. The van der Waals surface area contributed by atoms with E-state index >= 15 is 0 Å². The highest BCUT2D eigenvalue weighted by Gasteiger charge is 2.40. The largest absolute Gasteiger partial charge is 0.322 e. The third kappa shape index (κ3) is 3.73. The van der Waals surface area contributed by atoms with E-state index in [0.29, 0.717) is 15.7 Å². The quantitative estimate of drug-likeness (QED) is 0.793. The SMILES string of the molecule is O=C(Nc1ccc(Cl)c(Cl)c1)N1CC(S(=O)(=O)c2ccc(F)cc2)C1. The second-order valence-corrected chi connectivity index (χ2v) is 8.63. The second-order valence-electron chi connectivity index (χ2n) is 5.58. The van der Waals surface area contributed by atoms with Crippen molar-refractivity contribution in [3.63, 3.8) is 0 Å². The molecule has 0 unspecified atom stereocenters. The lowest BCUT2D eigenvalue weighted by molar-refractivity contribution is 0.182. The Bertz CT molecular complexity index is 913. The predicted octanol–water partition coefficient (Wildman–Crippen LogP) is 3.82. The number of hydrogen-bond acceptors (Lipinski definition) is 3. The van der Waals surface area contributed by atoms with Crippen LogP contribution in [0.15, 0.2) is 47.4 Å². The monoisotopic (exact) mass is 402 g/mol. The van der Waals surface area contributed by atoms with E-state index in [2.05, 4.69) is 5.32 Å². The zero-order chi connectivity index (χ0) is 18.2. The van der Waals surface area contributed by atoms with Crippen LogP contribution in [0, 0.1) is 5.82 Å². The summed E-state index contributed by atoms with van der Waals surface area (Å²) in [4.78, 5) is 13.6. The number of nitrogens with zero attached hydrogens (tertiary/aromatic N) is 1. The number of rotatable bonds is 3. The fourth-order valence-corrected chi connectivity index (χ4v) is 4.34. The van der Waals surface area contributed by atoms with Gasteiger partial charge in [-0.1, -0.05) is 23.2 Å².